The van der Waals surface area contributed by atoms with Crippen molar-refractivity contribution in [3.63, 3.8) is 0 Å². The first-order chi connectivity index (χ1) is 15.8. The van der Waals surface area contributed by atoms with E-state index in [1.54, 1.807) is 4.68 Å². The first-order valence-electron chi connectivity index (χ1n) is 12.3. The summed E-state index contributed by atoms with van der Waals surface area (Å²) in [4.78, 5) is 2.31. The van der Waals surface area contributed by atoms with Crippen molar-refractivity contribution in [1.29, 1.82) is 0 Å². The van der Waals surface area contributed by atoms with E-state index in [0.29, 0.717) is 16.3 Å². The number of hydrogen-bond acceptors (Lipinski definition) is 5. The van der Waals surface area contributed by atoms with Gasteiger partial charge in [0.25, 0.3) is 0 Å². The molecule has 0 amide bonds. The highest BCUT2D eigenvalue weighted by atomic mass is 35.5. The van der Waals surface area contributed by atoms with Gasteiger partial charge in [0.15, 0.2) is 0 Å². The van der Waals surface area contributed by atoms with Gasteiger partial charge < -0.3 is 20.2 Å². The molecule has 7 heteroatoms. The van der Waals surface area contributed by atoms with Crippen LogP contribution in [-0.2, 0) is 11.0 Å². The van der Waals surface area contributed by atoms with E-state index in [1.807, 2.05) is 45.9 Å². The summed E-state index contributed by atoms with van der Waals surface area (Å²) in [6, 6.07) is 6.00. The van der Waals surface area contributed by atoms with Gasteiger partial charge in [0.05, 0.1) is 23.4 Å². The molecule has 2 heterocycles. The Kier molecular flexibility index (Phi) is 6.33. The van der Waals surface area contributed by atoms with Gasteiger partial charge in [-0.15, -0.1) is 0 Å². The minimum absolute atomic E-state index is 0.0204. The molecule has 1 fully saturated rings. The van der Waals surface area contributed by atoms with Crippen LogP contribution in [0.4, 0.5) is 5.69 Å². The molecule has 2 aliphatic rings. The lowest BCUT2D eigenvalue weighted by Crippen LogP contribution is -2.53. The smallest absolute Gasteiger partial charge is 0.213 e. The zero-order chi connectivity index (χ0) is 25.2. The van der Waals surface area contributed by atoms with Crippen molar-refractivity contribution in [3.05, 3.63) is 51.8 Å². The molecule has 0 radical (unpaired) electrons. The molecule has 1 aromatic heterocycles. The minimum Gasteiger partial charge on any atom is -0.493 e. The maximum absolute atomic E-state index is 11.2. The number of anilines is 1. The van der Waals surface area contributed by atoms with Gasteiger partial charge in [-0.2, -0.15) is 5.10 Å². The number of hydrogen-bond donors (Lipinski definition) is 3. The Morgan fingerprint density at radius 2 is 1.82 bits per heavy atom. The van der Waals surface area contributed by atoms with Crippen molar-refractivity contribution in [1.82, 2.24) is 9.78 Å². The van der Waals surface area contributed by atoms with E-state index in [9.17, 15) is 15.3 Å². The molecule has 34 heavy (non-hydrogen) atoms. The molecular formula is C27H38ClN3O3. The van der Waals surface area contributed by atoms with Crippen LogP contribution in [0.3, 0.4) is 0 Å². The van der Waals surface area contributed by atoms with Crippen LogP contribution >= 0.6 is 11.6 Å². The maximum atomic E-state index is 11.2. The number of rotatable bonds is 5. The third-order valence-electron chi connectivity index (χ3n) is 7.51. The van der Waals surface area contributed by atoms with Crippen LogP contribution in [0.2, 0.25) is 5.02 Å². The van der Waals surface area contributed by atoms with Crippen LogP contribution in [-0.4, -0.2) is 43.9 Å². The van der Waals surface area contributed by atoms with E-state index in [2.05, 4.69) is 36.8 Å². The summed E-state index contributed by atoms with van der Waals surface area (Å²) in [5, 5.41) is 38.5. The van der Waals surface area contributed by atoms with E-state index < -0.39 is 29.6 Å². The molecule has 0 bridgehead atoms. The second-order valence-corrected chi connectivity index (χ2v) is 11.8. The van der Waals surface area contributed by atoms with Gasteiger partial charge in [-0.05, 0) is 57.9 Å². The van der Waals surface area contributed by atoms with Crippen molar-refractivity contribution in [3.8, 4) is 5.88 Å². The third kappa shape index (κ3) is 3.84. The molecule has 1 saturated carbocycles. The number of fused-ring (bicyclic) bond motifs is 1. The standard InChI is InChI=1S/C27H38ClN3O3/c1-8-9-12-30-19-11-10-16(28)13-18(19)27(6,7)20(30)14-17-23(32)22(24(17)33)21-15(2)29-31(25(21)34)26(3,4)5/h10-11,13-14,17,22-24,32-34H,8-9,12H2,1-7H3. The largest absolute Gasteiger partial charge is 0.493 e. The number of aliphatic hydroxyl groups is 2. The second-order valence-electron chi connectivity index (χ2n) is 11.3. The number of benzene rings is 1. The number of nitrogens with zero attached hydrogens (tertiary/aromatic N) is 3. The third-order valence-corrected chi connectivity index (χ3v) is 7.75. The summed E-state index contributed by atoms with van der Waals surface area (Å²) in [5.41, 5.74) is 3.81. The number of aromatic nitrogens is 2. The number of allylic oxidation sites excluding steroid dienone is 1. The summed E-state index contributed by atoms with van der Waals surface area (Å²) >= 11 is 6.34. The Balaban J connectivity index is 1.69. The molecule has 1 aliphatic carbocycles. The first kappa shape index (κ1) is 25.1. The number of aryl methyl sites for hydroxylation is 1. The Morgan fingerprint density at radius 3 is 2.38 bits per heavy atom. The number of unbranched alkanes of at least 4 members (excludes halogenated alkanes) is 1. The predicted molar refractivity (Wildman–Crippen MR) is 137 cm³/mol. The summed E-state index contributed by atoms with van der Waals surface area (Å²) in [7, 11) is 0. The average Bonchev–Trinajstić information content (AvgIpc) is 3.15. The highest BCUT2D eigenvalue weighted by molar-refractivity contribution is 6.30. The van der Waals surface area contributed by atoms with Crippen molar-refractivity contribution < 1.29 is 15.3 Å². The highest BCUT2D eigenvalue weighted by Gasteiger charge is 2.53. The minimum atomic E-state index is -0.819. The van der Waals surface area contributed by atoms with E-state index in [1.165, 1.54) is 0 Å². The Labute approximate surface area is 207 Å². The molecule has 0 spiro atoms. The van der Waals surface area contributed by atoms with E-state index in [-0.39, 0.29) is 11.3 Å². The SMILES string of the molecule is CCCCN1C(=CC2C(O)C(c3c(C)nn(C(C)(C)C)c3O)C2O)C(C)(C)c2cc(Cl)ccc21. The van der Waals surface area contributed by atoms with Gasteiger partial charge in [-0.3, -0.25) is 0 Å². The van der Waals surface area contributed by atoms with Crippen LogP contribution in [0.5, 0.6) is 5.88 Å². The predicted octanol–water partition coefficient (Wildman–Crippen LogP) is 5.22. The molecule has 6 nitrogen and oxygen atoms in total. The molecule has 2 aromatic rings. The van der Waals surface area contributed by atoms with E-state index in [4.69, 9.17) is 11.6 Å². The fraction of sp³-hybridized carbons (Fsp3) is 0.593. The van der Waals surface area contributed by atoms with Crippen molar-refractivity contribution in [2.45, 2.75) is 90.4 Å². The Morgan fingerprint density at radius 1 is 1.18 bits per heavy atom. The van der Waals surface area contributed by atoms with Gasteiger partial charge in [0.1, 0.15) is 0 Å². The molecule has 0 saturated heterocycles. The van der Waals surface area contributed by atoms with Crippen molar-refractivity contribution in [2.75, 3.05) is 11.4 Å². The fourth-order valence-corrected chi connectivity index (χ4v) is 5.72. The summed E-state index contributed by atoms with van der Waals surface area (Å²) in [5.74, 6) is -1.000. The number of aromatic hydroxyl groups is 1. The highest BCUT2D eigenvalue weighted by Crippen LogP contribution is 2.53. The quantitative estimate of drug-likeness (QED) is 0.538. The van der Waals surface area contributed by atoms with Gasteiger partial charge >= 0.3 is 0 Å². The lowest BCUT2D eigenvalue weighted by molar-refractivity contribution is -0.0956. The monoisotopic (exact) mass is 487 g/mol. The molecule has 2 atom stereocenters. The molecule has 3 N–H and O–H groups in total. The average molecular weight is 488 g/mol. The van der Waals surface area contributed by atoms with Gasteiger partial charge in [0.2, 0.25) is 5.88 Å². The molecule has 186 valence electrons. The van der Waals surface area contributed by atoms with Crippen LogP contribution in [0, 0.1) is 12.8 Å². The molecule has 2 unspecified atom stereocenters. The summed E-state index contributed by atoms with van der Waals surface area (Å²) < 4.78 is 1.57. The van der Waals surface area contributed by atoms with E-state index >= 15 is 0 Å². The van der Waals surface area contributed by atoms with Gasteiger partial charge in [-0.25, -0.2) is 4.68 Å². The van der Waals surface area contributed by atoms with Gasteiger partial charge in [0, 0.05) is 45.8 Å². The van der Waals surface area contributed by atoms with Crippen molar-refractivity contribution in [2.24, 2.45) is 5.92 Å². The topological polar surface area (TPSA) is 81.8 Å². The lowest BCUT2D eigenvalue weighted by atomic mass is 9.64. The zero-order valence-electron chi connectivity index (χ0n) is 21.3. The first-order valence-corrected chi connectivity index (χ1v) is 12.6. The molecule has 4 rings (SSSR count). The van der Waals surface area contributed by atoms with E-state index in [0.717, 1.165) is 36.3 Å². The van der Waals surface area contributed by atoms with Crippen molar-refractivity contribution >= 4 is 17.3 Å². The second kappa shape index (κ2) is 8.58. The van der Waals surface area contributed by atoms with Crippen LogP contribution in [0.15, 0.2) is 30.0 Å². The number of halogens is 1. The maximum Gasteiger partial charge on any atom is 0.213 e. The van der Waals surface area contributed by atoms with Crippen LogP contribution < -0.4 is 4.90 Å². The molecule has 1 aliphatic heterocycles. The normalized spacial score (nSPS) is 27.2. The Bertz CT molecular complexity index is 1110. The summed E-state index contributed by atoms with van der Waals surface area (Å²) in [6.07, 6.45) is 2.50. The summed E-state index contributed by atoms with van der Waals surface area (Å²) in [6.45, 7) is 15.1. The van der Waals surface area contributed by atoms with Crippen LogP contribution in [0.25, 0.3) is 0 Å². The Hall–Kier alpha value is -2.02. The van der Waals surface area contributed by atoms with Gasteiger partial charge in [-0.1, -0.05) is 44.9 Å². The zero-order valence-corrected chi connectivity index (χ0v) is 22.1. The number of aliphatic hydroxyl groups excluding tert-OH is 2. The molecular weight excluding hydrogens is 450 g/mol. The van der Waals surface area contributed by atoms with Crippen LogP contribution in [0.1, 0.15) is 77.1 Å². The molecule has 1 aromatic carbocycles. The lowest BCUT2D eigenvalue weighted by Gasteiger charge is -2.46. The fourth-order valence-electron chi connectivity index (χ4n) is 5.55.